The van der Waals surface area contributed by atoms with Gasteiger partial charge in [-0.25, -0.2) is 13.2 Å². The SMILES string of the molecule is N#CCNC(=O)[C@@H](CS(=O)(=O)CC1c2ccccc2-c2ccccc21)NC(=O)OCc1ccccc1. The van der Waals surface area contributed by atoms with E-state index in [9.17, 15) is 18.0 Å². The maximum absolute atomic E-state index is 13.3. The molecule has 0 spiro atoms. The average Bonchev–Trinajstić information content (AvgIpc) is 3.19. The Morgan fingerprint density at radius 3 is 2.11 bits per heavy atom. The Bertz CT molecular complexity index is 1350. The van der Waals surface area contributed by atoms with Crippen molar-refractivity contribution in [3.05, 3.63) is 95.6 Å². The number of carbonyl (C=O) groups is 2. The summed E-state index contributed by atoms with van der Waals surface area (Å²) in [5.74, 6) is -2.03. The van der Waals surface area contributed by atoms with Crippen molar-refractivity contribution >= 4 is 21.8 Å². The van der Waals surface area contributed by atoms with Crippen LogP contribution in [0.3, 0.4) is 0 Å². The molecule has 2 N–H and O–H groups in total. The molecule has 8 nitrogen and oxygen atoms in total. The standard InChI is InChI=1S/C27H25N3O5S/c28-14-15-29-26(31)25(30-27(32)35-16-19-8-2-1-3-9-19)18-36(33,34)17-24-22-12-6-4-10-20(22)21-11-5-7-13-23(21)24/h1-13,24-25H,15-18H2,(H,29,31)(H,30,32)/t25-/m1/s1. The zero-order chi connectivity index (χ0) is 25.5. The minimum atomic E-state index is -3.85. The van der Waals surface area contributed by atoms with Crippen LogP contribution in [0.4, 0.5) is 4.79 Å². The van der Waals surface area contributed by atoms with Crippen LogP contribution < -0.4 is 10.6 Å². The van der Waals surface area contributed by atoms with E-state index in [-0.39, 0.29) is 18.9 Å². The highest BCUT2D eigenvalue weighted by molar-refractivity contribution is 7.91. The van der Waals surface area contributed by atoms with Crippen molar-refractivity contribution in [1.82, 2.24) is 10.6 Å². The molecule has 3 aromatic rings. The summed E-state index contributed by atoms with van der Waals surface area (Å²) in [4.78, 5) is 25.0. The van der Waals surface area contributed by atoms with Crippen molar-refractivity contribution in [1.29, 1.82) is 5.26 Å². The van der Waals surface area contributed by atoms with Crippen LogP contribution in [0.2, 0.25) is 0 Å². The normalized spacial score (nSPS) is 13.1. The van der Waals surface area contributed by atoms with E-state index in [0.717, 1.165) is 27.8 Å². The van der Waals surface area contributed by atoms with Gasteiger partial charge in [0.1, 0.15) is 19.2 Å². The first kappa shape index (κ1) is 24.9. The Kier molecular flexibility index (Phi) is 7.66. The van der Waals surface area contributed by atoms with E-state index in [2.05, 4.69) is 10.6 Å². The summed E-state index contributed by atoms with van der Waals surface area (Å²) >= 11 is 0. The maximum atomic E-state index is 13.3. The van der Waals surface area contributed by atoms with Crippen LogP contribution in [-0.4, -0.2) is 44.5 Å². The number of nitrogens with zero attached hydrogens (tertiary/aromatic N) is 1. The van der Waals surface area contributed by atoms with Gasteiger partial charge in [-0.1, -0.05) is 78.9 Å². The quantitative estimate of drug-likeness (QED) is 0.432. The van der Waals surface area contributed by atoms with Crippen LogP contribution in [0.25, 0.3) is 11.1 Å². The van der Waals surface area contributed by atoms with Crippen molar-refractivity contribution in [3.8, 4) is 17.2 Å². The topological polar surface area (TPSA) is 125 Å². The fourth-order valence-corrected chi connectivity index (χ4v) is 6.10. The molecular formula is C27H25N3O5S. The number of nitriles is 1. The van der Waals surface area contributed by atoms with E-state index in [1.807, 2.05) is 54.6 Å². The van der Waals surface area contributed by atoms with E-state index in [0.29, 0.717) is 0 Å². The molecule has 1 aliphatic carbocycles. The van der Waals surface area contributed by atoms with E-state index in [4.69, 9.17) is 10.00 Å². The first-order chi connectivity index (χ1) is 17.4. The van der Waals surface area contributed by atoms with Crippen molar-refractivity contribution in [2.24, 2.45) is 0 Å². The summed E-state index contributed by atoms with van der Waals surface area (Å²) in [6.07, 6.45) is -0.928. The molecule has 9 heteroatoms. The van der Waals surface area contributed by atoms with Gasteiger partial charge >= 0.3 is 6.09 Å². The molecule has 36 heavy (non-hydrogen) atoms. The third-order valence-corrected chi connectivity index (χ3v) is 7.65. The Morgan fingerprint density at radius 2 is 1.50 bits per heavy atom. The zero-order valence-electron chi connectivity index (χ0n) is 19.4. The minimum Gasteiger partial charge on any atom is -0.445 e. The zero-order valence-corrected chi connectivity index (χ0v) is 20.2. The number of amides is 2. The molecule has 0 saturated heterocycles. The van der Waals surface area contributed by atoms with Crippen LogP contribution in [0.5, 0.6) is 0 Å². The molecule has 1 atom stereocenters. The van der Waals surface area contributed by atoms with Gasteiger partial charge in [0.05, 0.1) is 17.6 Å². The first-order valence-corrected chi connectivity index (χ1v) is 13.2. The predicted molar refractivity (Wildman–Crippen MR) is 135 cm³/mol. The van der Waals surface area contributed by atoms with Crippen LogP contribution >= 0.6 is 0 Å². The van der Waals surface area contributed by atoms with E-state index >= 15 is 0 Å². The molecule has 0 radical (unpaired) electrons. The number of alkyl carbamates (subject to hydrolysis) is 1. The van der Waals surface area contributed by atoms with Gasteiger partial charge in [0.2, 0.25) is 5.91 Å². The summed E-state index contributed by atoms with van der Waals surface area (Å²) in [6, 6.07) is 24.6. The smallest absolute Gasteiger partial charge is 0.408 e. The van der Waals surface area contributed by atoms with Gasteiger partial charge in [0, 0.05) is 5.92 Å². The number of hydrogen-bond donors (Lipinski definition) is 2. The summed E-state index contributed by atoms with van der Waals surface area (Å²) in [5, 5.41) is 13.5. The number of rotatable bonds is 9. The Hall–Kier alpha value is -4.16. The number of nitrogens with one attached hydrogen (secondary N) is 2. The van der Waals surface area contributed by atoms with Crippen molar-refractivity contribution in [2.45, 2.75) is 18.6 Å². The molecule has 1 aliphatic rings. The monoisotopic (exact) mass is 503 g/mol. The lowest BCUT2D eigenvalue weighted by Crippen LogP contribution is -2.51. The third-order valence-electron chi connectivity index (χ3n) is 5.97. The molecule has 0 heterocycles. The van der Waals surface area contributed by atoms with Crippen molar-refractivity contribution in [3.63, 3.8) is 0 Å². The molecule has 4 rings (SSSR count). The molecule has 0 saturated carbocycles. The number of ether oxygens (including phenoxy) is 1. The number of hydrogen-bond acceptors (Lipinski definition) is 6. The van der Waals surface area contributed by atoms with Crippen LogP contribution in [0, 0.1) is 11.3 Å². The molecule has 0 aliphatic heterocycles. The number of carbonyl (C=O) groups excluding carboxylic acids is 2. The van der Waals surface area contributed by atoms with E-state index in [1.54, 1.807) is 30.3 Å². The lowest BCUT2D eigenvalue weighted by molar-refractivity contribution is -0.122. The van der Waals surface area contributed by atoms with Crippen LogP contribution in [-0.2, 0) is 26.0 Å². The second kappa shape index (κ2) is 11.1. The minimum absolute atomic E-state index is 0.0401. The molecule has 184 valence electrons. The number of fused-ring (bicyclic) bond motifs is 3. The highest BCUT2D eigenvalue weighted by Gasteiger charge is 2.34. The Morgan fingerprint density at radius 1 is 0.917 bits per heavy atom. The van der Waals surface area contributed by atoms with Gasteiger partial charge < -0.3 is 15.4 Å². The molecule has 0 unspecified atom stereocenters. The highest BCUT2D eigenvalue weighted by Crippen LogP contribution is 2.45. The third kappa shape index (κ3) is 5.90. The van der Waals surface area contributed by atoms with Gasteiger partial charge in [0.15, 0.2) is 9.84 Å². The molecule has 0 aromatic heterocycles. The number of benzene rings is 3. The van der Waals surface area contributed by atoms with Crippen LogP contribution in [0.1, 0.15) is 22.6 Å². The second-order valence-electron chi connectivity index (χ2n) is 8.44. The molecule has 0 bridgehead atoms. The highest BCUT2D eigenvalue weighted by atomic mass is 32.2. The van der Waals surface area contributed by atoms with Gasteiger partial charge in [-0.05, 0) is 27.8 Å². The first-order valence-electron chi connectivity index (χ1n) is 11.4. The van der Waals surface area contributed by atoms with Crippen molar-refractivity contribution in [2.75, 3.05) is 18.1 Å². The lowest BCUT2D eigenvalue weighted by Gasteiger charge is -2.20. The molecule has 2 amide bonds. The van der Waals surface area contributed by atoms with Crippen molar-refractivity contribution < 1.29 is 22.7 Å². The largest absolute Gasteiger partial charge is 0.445 e. The summed E-state index contributed by atoms with van der Waals surface area (Å²) < 4.78 is 31.8. The number of sulfone groups is 1. The Labute approximate surface area is 209 Å². The van der Waals surface area contributed by atoms with Gasteiger partial charge in [0.25, 0.3) is 0 Å². The maximum Gasteiger partial charge on any atom is 0.408 e. The molecule has 0 fully saturated rings. The predicted octanol–water partition coefficient (Wildman–Crippen LogP) is 3.15. The second-order valence-corrected chi connectivity index (χ2v) is 10.6. The van der Waals surface area contributed by atoms with E-state index in [1.165, 1.54) is 0 Å². The summed E-state index contributed by atoms with van der Waals surface area (Å²) in [5.41, 5.74) is 4.52. The summed E-state index contributed by atoms with van der Waals surface area (Å²) in [7, 11) is -3.85. The fraction of sp³-hybridized carbons (Fsp3) is 0.222. The average molecular weight is 504 g/mol. The van der Waals surface area contributed by atoms with E-state index < -0.39 is 39.6 Å². The molecular weight excluding hydrogens is 478 g/mol. The molecule has 3 aromatic carbocycles. The van der Waals surface area contributed by atoms with Crippen LogP contribution in [0.15, 0.2) is 78.9 Å². The van der Waals surface area contributed by atoms with Gasteiger partial charge in [-0.15, -0.1) is 0 Å². The fourth-order valence-electron chi connectivity index (χ4n) is 4.36. The summed E-state index contributed by atoms with van der Waals surface area (Å²) in [6.45, 7) is -0.360. The lowest BCUT2D eigenvalue weighted by atomic mass is 9.99. The van der Waals surface area contributed by atoms with Gasteiger partial charge in [-0.3, -0.25) is 4.79 Å². The van der Waals surface area contributed by atoms with Gasteiger partial charge in [-0.2, -0.15) is 5.26 Å². The Balaban J connectivity index is 1.49.